The molecule has 1 saturated heterocycles. The van der Waals surface area contributed by atoms with Gasteiger partial charge in [0.15, 0.2) is 0 Å². The number of nitrogens with one attached hydrogen (secondary N) is 1. The Bertz CT molecular complexity index is 1160. The summed E-state index contributed by atoms with van der Waals surface area (Å²) < 4.78 is 7.77. The lowest BCUT2D eigenvalue weighted by atomic mass is 10.1. The molecule has 0 saturated carbocycles. The smallest absolute Gasteiger partial charge is 0.234 e. The SMILES string of the molecule is CC(C)(CN)NC(=O)CN1CCN(CCCCCOc2ccc3c(c2)nnn3-c2ccc(Cl)cc2)CC1. The minimum Gasteiger partial charge on any atom is -0.494 e. The molecule has 3 N–H and O–H groups in total. The van der Waals surface area contributed by atoms with Crippen molar-refractivity contribution in [2.45, 2.75) is 38.6 Å². The van der Waals surface area contributed by atoms with Gasteiger partial charge in [-0.05, 0) is 76.1 Å². The highest BCUT2D eigenvalue weighted by atomic mass is 35.5. The highest BCUT2D eigenvalue weighted by Crippen LogP contribution is 2.22. The Labute approximate surface area is 223 Å². The van der Waals surface area contributed by atoms with Crippen molar-refractivity contribution in [1.29, 1.82) is 0 Å². The van der Waals surface area contributed by atoms with Crippen LogP contribution in [0.2, 0.25) is 5.02 Å². The van der Waals surface area contributed by atoms with E-state index in [1.807, 2.05) is 56.3 Å². The first-order chi connectivity index (χ1) is 17.8. The van der Waals surface area contributed by atoms with Gasteiger partial charge in [-0.2, -0.15) is 0 Å². The summed E-state index contributed by atoms with van der Waals surface area (Å²) in [6, 6.07) is 13.4. The molecule has 37 heavy (non-hydrogen) atoms. The molecule has 1 aliphatic heterocycles. The van der Waals surface area contributed by atoms with Gasteiger partial charge in [0, 0.05) is 49.4 Å². The van der Waals surface area contributed by atoms with Crippen LogP contribution >= 0.6 is 11.6 Å². The zero-order chi connectivity index (χ0) is 26.3. The van der Waals surface area contributed by atoms with Crippen molar-refractivity contribution in [2.24, 2.45) is 5.73 Å². The highest BCUT2D eigenvalue weighted by molar-refractivity contribution is 6.30. The Kier molecular flexibility index (Phi) is 9.37. The van der Waals surface area contributed by atoms with Crippen LogP contribution in [-0.4, -0.2) is 88.7 Å². The van der Waals surface area contributed by atoms with Gasteiger partial charge < -0.3 is 20.7 Å². The molecule has 1 fully saturated rings. The van der Waals surface area contributed by atoms with Gasteiger partial charge in [0.25, 0.3) is 0 Å². The predicted molar refractivity (Wildman–Crippen MR) is 147 cm³/mol. The Balaban J connectivity index is 1.11. The van der Waals surface area contributed by atoms with Crippen LogP contribution in [0.1, 0.15) is 33.1 Å². The van der Waals surface area contributed by atoms with Gasteiger partial charge in [-0.1, -0.05) is 16.8 Å². The van der Waals surface area contributed by atoms with Crippen LogP contribution in [0.25, 0.3) is 16.7 Å². The molecular formula is C27H38ClN7O2. The van der Waals surface area contributed by atoms with Gasteiger partial charge in [0.2, 0.25) is 5.91 Å². The maximum absolute atomic E-state index is 12.2. The van der Waals surface area contributed by atoms with E-state index in [1.165, 1.54) is 0 Å². The van der Waals surface area contributed by atoms with Crippen molar-refractivity contribution < 1.29 is 9.53 Å². The standard InChI is InChI=1S/C27H38ClN7O2/c1-27(2,20-29)30-26(36)19-34-15-13-33(14-16-34)12-4-3-5-17-37-23-10-11-25-24(18-23)31-32-35(25)22-8-6-21(28)7-9-22/h6-11,18H,3-5,12-17,19-20,29H2,1-2H3,(H,30,36). The van der Waals surface area contributed by atoms with Crippen molar-refractivity contribution in [1.82, 2.24) is 30.1 Å². The Morgan fingerprint density at radius 1 is 1.05 bits per heavy atom. The van der Waals surface area contributed by atoms with E-state index >= 15 is 0 Å². The third kappa shape index (κ3) is 7.88. The lowest BCUT2D eigenvalue weighted by molar-refractivity contribution is -0.124. The van der Waals surface area contributed by atoms with Gasteiger partial charge in [-0.15, -0.1) is 5.10 Å². The molecule has 0 bridgehead atoms. The van der Waals surface area contributed by atoms with E-state index in [-0.39, 0.29) is 11.4 Å². The average Bonchev–Trinajstić information content (AvgIpc) is 3.30. The number of halogens is 1. The number of rotatable bonds is 12. The van der Waals surface area contributed by atoms with Gasteiger partial charge in [0.05, 0.1) is 24.4 Å². The van der Waals surface area contributed by atoms with Gasteiger partial charge in [0.1, 0.15) is 11.3 Å². The van der Waals surface area contributed by atoms with Crippen molar-refractivity contribution >= 4 is 28.5 Å². The van der Waals surface area contributed by atoms with Gasteiger partial charge in [-0.25, -0.2) is 4.68 Å². The summed E-state index contributed by atoms with van der Waals surface area (Å²) >= 11 is 5.99. The van der Waals surface area contributed by atoms with Gasteiger partial charge >= 0.3 is 0 Å². The molecular weight excluding hydrogens is 490 g/mol. The van der Waals surface area contributed by atoms with Crippen molar-refractivity contribution in [3.8, 4) is 11.4 Å². The Morgan fingerprint density at radius 3 is 2.51 bits per heavy atom. The number of carbonyl (C=O) groups excluding carboxylic acids is 1. The summed E-state index contributed by atoms with van der Waals surface area (Å²) in [7, 11) is 0. The molecule has 9 nitrogen and oxygen atoms in total. The molecule has 2 heterocycles. The van der Waals surface area contributed by atoms with E-state index in [0.29, 0.717) is 24.7 Å². The number of aromatic nitrogens is 3. The summed E-state index contributed by atoms with van der Waals surface area (Å²) in [5, 5.41) is 12.3. The number of hydrogen-bond donors (Lipinski definition) is 2. The van der Waals surface area contributed by atoms with Crippen molar-refractivity contribution in [3.05, 3.63) is 47.5 Å². The van der Waals surface area contributed by atoms with E-state index in [4.69, 9.17) is 22.1 Å². The number of hydrogen-bond acceptors (Lipinski definition) is 7. The minimum atomic E-state index is -0.354. The number of amides is 1. The first-order valence-corrected chi connectivity index (χ1v) is 13.4. The van der Waals surface area contributed by atoms with Crippen molar-refractivity contribution in [2.75, 3.05) is 52.4 Å². The first kappa shape index (κ1) is 27.3. The Morgan fingerprint density at radius 2 is 1.78 bits per heavy atom. The quantitative estimate of drug-likeness (QED) is 0.349. The van der Waals surface area contributed by atoms with E-state index in [9.17, 15) is 4.79 Å². The first-order valence-electron chi connectivity index (χ1n) is 13.0. The maximum atomic E-state index is 12.2. The second-order valence-electron chi connectivity index (χ2n) is 10.3. The van der Waals surface area contributed by atoms with Crippen LogP contribution in [0.4, 0.5) is 0 Å². The number of ether oxygens (including phenoxy) is 1. The third-order valence-electron chi connectivity index (χ3n) is 6.70. The number of fused-ring (bicyclic) bond motifs is 1. The topological polar surface area (TPSA) is 102 Å². The maximum Gasteiger partial charge on any atom is 0.234 e. The zero-order valence-corrected chi connectivity index (χ0v) is 22.6. The minimum absolute atomic E-state index is 0.0502. The number of benzene rings is 2. The summed E-state index contributed by atoms with van der Waals surface area (Å²) in [6.45, 7) is 10.4. The van der Waals surface area contributed by atoms with Crippen LogP contribution in [-0.2, 0) is 4.79 Å². The fraction of sp³-hybridized carbons (Fsp3) is 0.519. The van der Waals surface area contributed by atoms with E-state index in [2.05, 4.69) is 25.4 Å². The molecule has 0 aliphatic carbocycles. The van der Waals surface area contributed by atoms with E-state index in [1.54, 1.807) is 4.68 Å². The fourth-order valence-corrected chi connectivity index (χ4v) is 4.54. The number of nitrogens with zero attached hydrogens (tertiary/aromatic N) is 5. The number of unbranched alkanes of at least 4 members (excludes halogenated alkanes) is 2. The zero-order valence-electron chi connectivity index (χ0n) is 21.8. The summed E-state index contributed by atoms with van der Waals surface area (Å²) in [5.74, 6) is 0.861. The molecule has 1 amide bonds. The van der Waals surface area contributed by atoms with Crippen LogP contribution in [0.5, 0.6) is 5.75 Å². The molecule has 0 unspecified atom stereocenters. The summed E-state index contributed by atoms with van der Waals surface area (Å²) in [4.78, 5) is 16.9. The van der Waals surface area contributed by atoms with Gasteiger partial charge in [-0.3, -0.25) is 9.69 Å². The second kappa shape index (κ2) is 12.7. The monoisotopic (exact) mass is 527 g/mol. The van der Waals surface area contributed by atoms with Crippen LogP contribution in [0.15, 0.2) is 42.5 Å². The molecule has 3 aromatic rings. The lowest BCUT2D eigenvalue weighted by Crippen LogP contribution is -2.54. The number of piperazine rings is 1. The van der Waals surface area contributed by atoms with Crippen molar-refractivity contribution in [3.63, 3.8) is 0 Å². The largest absolute Gasteiger partial charge is 0.494 e. The van der Waals surface area contributed by atoms with E-state index < -0.39 is 0 Å². The molecule has 2 aromatic carbocycles. The molecule has 4 rings (SSSR count). The molecule has 0 radical (unpaired) electrons. The molecule has 0 spiro atoms. The molecule has 1 aromatic heterocycles. The molecule has 200 valence electrons. The molecule has 10 heteroatoms. The van der Waals surface area contributed by atoms with Crippen LogP contribution in [0, 0.1) is 0 Å². The second-order valence-corrected chi connectivity index (χ2v) is 10.7. The highest BCUT2D eigenvalue weighted by Gasteiger charge is 2.22. The predicted octanol–water partition coefficient (Wildman–Crippen LogP) is 3.09. The van der Waals surface area contributed by atoms with Crippen LogP contribution in [0.3, 0.4) is 0 Å². The summed E-state index contributed by atoms with van der Waals surface area (Å²) in [5.41, 5.74) is 7.99. The van der Waals surface area contributed by atoms with Crippen LogP contribution < -0.4 is 15.8 Å². The molecule has 0 atom stereocenters. The Hall–Kier alpha value is -2.72. The summed E-state index contributed by atoms with van der Waals surface area (Å²) in [6.07, 6.45) is 3.27. The fourth-order valence-electron chi connectivity index (χ4n) is 4.41. The lowest BCUT2D eigenvalue weighted by Gasteiger charge is -2.35. The normalized spacial score (nSPS) is 15.2. The number of nitrogens with two attached hydrogens (primary N) is 1. The van der Waals surface area contributed by atoms with E-state index in [0.717, 1.165) is 74.5 Å². The third-order valence-corrected chi connectivity index (χ3v) is 6.95. The molecule has 1 aliphatic rings. The average molecular weight is 528 g/mol. The number of carbonyl (C=O) groups is 1.